The zero-order chi connectivity index (χ0) is 93.5. The summed E-state index contributed by atoms with van der Waals surface area (Å²) in [5.41, 5.74) is 0. The second-order valence-corrected chi connectivity index (χ2v) is 37.5. The molecule has 5 atom stereocenters. The van der Waals surface area contributed by atoms with Gasteiger partial charge >= 0.3 is 33.6 Å². The molecule has 0 aromatic rings. The van der Waals surface area contributed by atoms with E-state index in [0.29, 0.717) is 19.3 Å². The molecule has 0 heterocycles. The van der Waals surface area contributed by atoms with Crippen LogP contribution in [0, 0.1) is 0 Å². The molecule has 0 aromatic heterocycles. The number of aliphatic hydroxyl groups is 2. The van der Waals surface area contributed by atoms with E-state index < -0.39 is 91.5 Å². The number of phosphoric acid groups is 2. The largest absolute Gasteiger partial charge is 0.472 e. The fourth-order valence-corrected chi connectivity index (χ4v) is 15.9. The monoisotopic (exact) mass is 1840 g/mol. The summed E-state index contributed by atoms with van der Waals surface area (Å²) in [5, 5.41) is 20.8. The van der Waals surface area contributed by atoms with Gasteiger partial charge in [0.15, 0.2) is 6.10 Å². The number of hydrogen-bond donors (Lipinski definition) is 4. The third kappa shape index (κ3) is 103. The van der Waals surface area contributed by atoms with Crippen molar-refractivity contribution in [1.82, 2.24) is 0 Å². The molecule has 0 rings (SSSR count). The molecule has 0 fully saturated rings. The second kappa shape index (κ2) is 102. The summed E-state index contributed by atoms with van der Waals surface area (Å²) in [5.74, 6) is -1.56. The lowest BCUT2D eigenvalue weighted by Crippen LogP contribution is -2.30. The van der Waals surface area contributed by atoms with Gasteiger partial charge < -0.3 is 34.2 Å². The molecule has 5 unspecified atom stereocenters. The molecule has 16 nitrogen and oxygen atoms in total. The summed E-state index contributed by atoms with van der Waals surface area (Å²) in [6.45, 7) is 2.42. The Bertz CT molecular complexity index is 3080. The van der Waals surface area contributed by atoms with Crippen LogP contribution in [0.15, 0.2) is 182 Å². The summed E-state index contributed by atoms with van der Waals surface area (Å²) in [6.07, 6.45) is 135. The van der Waals surface area contributed by atoms with Gasteiger partial charge in [-0.25, -0.2) is 9.13 Å². The van der Waals surface area contributed by atoms with Gasteiger partial charge in [-0.1, -0.05) is 453 Å². The fraction of sp³-hybridized carbons (Fsp3) is 0.703. The average Bonchev–Trinajstić information content (AvgIpc) is 0.898. The van der Waals surface area contributed by atoms with Gasteiger partial charge in [0.25, 0.3) is 0 Å². The van der Waals surface area contributed by atoms with Crippen LogP contribution in [0.3, 0.4) is 0 Å². The number of phosphoric ester groups is 2. The lowest BCUT2D eigenvalue weighted by Gasteiger charge is -2.21. The zero-order valence-corrected chi connectivity index (χ0v) is 83.8. The molecule has 0 amide bonds. The van der Waals surface area contributed by atoms with Gasteiger partial charge in [0.05, 0.1) is 26.4 Å². The third-order valence-electron chi connectivity index (χ3n) is 22.1. The Labute approximate surface area is 789 Å². The number of ether oxygens (including phenoxy) is 3. The molecular weight excluding hydrogens is 1650 g/mol. The van der Waals surface area contributed by atoms with E-state index in [4.69, 9.17) is 32.3 Å². The molecular formula is C111H190O16P2. The quantitative estimate of drug-likeness (QED) is 0.0146. The molecule has 0 saturated carbocycles. The molecule has 18 heteroatoms. The first-order valence-corrected chi connectivity index (χ1v) is 55.1. The van der Waals surface area contributed by atoms with Gasteiger partial charge in [0, 0.05) is 19.3 Å². The first-order chi connectivity index (χ1) is 63.2. The Balaban J connectivity index is 4.58. The molecule has 0 aromatic carbocycles. The molecule has 4 N–H and O–H groups in total. The molecule has 0 aliphatic heterocycles. The Hall–Kier alpha value is -5.35. The summed E-state index contributed by atoms with van der Waals surface area (Å²) in [6, 6.07) is 0. The van der Waals surface area contributed by atoms with E-state index in [2.05, 4.69) is 203 Å². The van der Waals surface area contributed by atoms with E-state index in [1.54, 1.807) is 0 Å². The molecule has 0 saturated heterocycles. The van der Waals surface area contributed by atoms with Crippen LogP contribution in [0.5, 0.6) is 0 Å². The van der Waals surface area contributed by atoms with E-state index in [1.165, 1.54) is 205 Å². The minimum atomic E-state index is -4.95. The molecule has 0 radical (unpaired) electrons. The van der Waals surface area contributed by atoms with Crippen LogP contribution < -0.4 is 0 Å². The number of esters is 3. The maximum absolute atomic E-state index is 13.1. The number of carbonyl (C=O) groups is 3. The standard InChI is InChI=1S/C111H190O16P2/c1-4-7-10-13-16-19-22-25-28-31-34-37-40-43-46-49-50-51-52-53-54-57-59-61-64-67-70-73-76-79-82-85-88-91-94-97-109(114)121-100-106(112)101-123-128(117,118)124-102-107(113)103-125-129(119,120)126-105-108(127-111(116)99-96-93-90-87-84-81-78-75-72-69-66-63-60-56-48-45-42-39-36-33-30-27-24-21-18-15-12-9-6-3)104-122-110(115)98-95-92-89-86-83-80-77-74-71-68-65-62-58-55-47-44-41-38-35-32-29-26-23-20-17-14-11-8-5-2/h7-12,16-21,25-30,34-39,43-48,106-108,112-113H,4-6,13-15,22-24,31-33,40-42,49-105H2,1-3H3,(H,117,118)(H,119,120)/b10-7-,11-8-,12-9-,19-16-,20-17-,21-18-,28-25-,29-26-,30-27-,37-34-,38-35-,39-36-,46-43-,47-44-,48-45-. The average molecular weight is 1840 g/mol. The van der Waals surface area contributed by atoms with Crippen LogP contribution in [-0.2, 0) is 55.8 Å². The number of aliphatic hydroxyl groups excluding tert-OH is 2. The van der Waals surface area contributed by atoms with Crippen molar-refractivity contribution >= 4 is 33.6 Å². The van der Waals surface area contributed by atoms with Gasteiger partial charge in [0.1, 0.15) is 25.4 Å². The second-order valence-electron chi connectivity index (χ2n) is 34.6. The van der Waals surface area contributed by atoms with Gasteiger partial charge in [-0.15, -0.1) is 0 Å². The molecule has 0 aliphatic rings. The molecule has 0 spiro atoms. The maximum Gasteiger partial charge on any atom is 0.472 e. The van der Waals surface area contributed by atoms with Gasteiger partial charge in [0.2, 0.25) is 0 Å². The van der Waals surface area contributed by atoms with Crippen LogP contribution in [0.1, 0.15) is 445 Å². The first-order valence-electron chi connectivity index (χ1n) is 52.1. The smallest absolute Gasteiger partial charge is 0.463 e. The van der Waals surface area contributed by atoms with E-state index in [9.17, 15) is 43.5 Å². The highest BCUT2D eigenvalue weighted by molar-refractivity contribution is 7.47. The normalized spacial score (nSPS) is 14.4. The van der Waals surface area contributed by atoms with Gasteiger partial charge in [-0.3, -0.25) is 32.5 Å². The Kier molecular flexibility index (Phi) is 97.4. The first kappa shape index (κ1) is 124. The summed E-state index contributed by atoms with van der Waals surface area (Å²) in [7, 11) is -9.82. The molecule has 129 heavy (non-hydrogen) atoms. The topological polar surface area (TPSA) is 231 Å². The van der Waals surface area contributed by atoms with Crippen molar-refractivity contribution in [3.05, 3.63) is 182 Å². The number of allylic oxidation sites excluding steroid dienone is 30. The van der Waals surface area contributed by atoms with Crippen molar-refractivity contribution in [2.45, 2.75) is 463 Å². The van der Waals surface area contributed by atoms with Crippen molar-refractivity contribution in [2.24, 2.45) is 0 Å². The van der Waals surface area contributed by atoms with E-state index in [1.807, 2.05) is 0 Å². The van der Waals surface area contributed by atoms with Crippen LogP contribution in [0.2, 0.25) is 0 Å². The van der Waals surface area contributed by atoms with Crippen LogP contribution in [0.25, 0.3) is 0 Å². The molecule has 0 aliphatic carbocycles. The number of rotatable bonds is 98. The lowest BCUT2D eigenvalue weighted by atomic mass is 10.0. The lowest BCUT2D eigenvalue weighted by molar-refractivity contribution is -0.161. The Morgan fingerprint density at radius 2 is 0.388 bits per heavy atom. The summed E-state index contributed by atoms with van der Waals surface area (Å²) >= 11 is 0. The van der Waals surface area contributed by atoms with E-state index in [0.717, 1.165) is 180 Å². The third-order valence-corrected chi connectivity index (χ3v) is 24.0. The van der Waals surface area contributed by atoms with E-state index in [-0.39, 0.29) is 19.3 Å². The van der Waals surface area contributed by atoms with Crippen molar-refractivity contribution < 1.29 is 75.8 Å². The highest BCUT2D eigenvalue weighted by Crippen LogP contribution is 2.45. The number of hydrogen-bond acceptors (Lipinski definition) is 14. The molecule has 0 bridgehead atoms. The van der Waals surface area contributed by atoms with Crippen LogP contribution in [-0.4, -0.2) is 95.9 Å². The van der Waals surface area contributed by atoms with Crippen molar-refractivity contribution in [3.8, 4) is 0 Å². The van der Waals surface area contributed by atoms with E-state index >= 15 is 0 Å². The number of carbonyl (C=O) groups excluding carboxylic acids is 3. The maximum atomic E-state index is 13.1. The van der Waals surface area contributed by atoms with Gasteiger partial charge in [-0.05, 0) is 154 Å². The van der Waals surface area contributed by atoms with Crippen LogP contribution >= 0.6 is 15.6 Å². The zero-order valence-electron chi connectivity index (χ0n) is 82.0. The predicted molar refractivity (Wildman–Crippen MR) is 546 cm³/mol. The number of unbranched alkanes of at least 4 members (excludes halogenated alkanes) is 45. The minimum Gasteiger partial charge on any atom is -0.463 e. The van der Waals surface area contributed by atoms with Crippen molar-refractivity contribution in [1.29, 1.82) is 0 Å². The minimum absolute atomic E-state index is 0.0993. The van der Waals surface area contributed by atoms with Crippen LogP contribution in [0.4, 0.5) is 0 Å². The van der Waals surface area contributed by atoms with Gasteiger partial charge in [-0.2, -0.15) is 0 Å². The highest BCUT2D eigenvalue weighted by atomic mass is 31.2. The summed E-state index contributed by atoms with van der Waals surface area (Å²) in [4.78, 5) is 59.3. The fourth-order valence-electron chi connectivity index (χ4n) is 14.4. The van der Waals surface area contributed by atoms with Crippen molar-refractivity contribution in [3.63, 3.8) is 0 Å². The highest BCUT2D eigenvalue weighted by Gasteiger charge is 2.30. The van der Waals surface area contributed by atoms with Crippen molar-refractivity contribution in [2.75, 3.05) is 39.6 Å². The Morgan fingerprint density at radius 1 is 0.217 bits per heavy atom. The SMILES string of the molecule is CC/C=C\C/C=C\C/C=C\C/C=C\C/C=C\CCCCCCCCCCCCCCCCCCCCCC(=O)OCC(O)COP(=O)(O)OCC(O)COP(=O)(O)OCC(COC(=O)CCCCCCCCCCCCCCC/C=C\C/C=C\C/C=C\C/C=C\C/C=C\CC)OC(=O)CCCCCCCCCCCCCCC/C=C\C/C=C\C/C=C\C/C=C\C/C=C\CC. The summed E-state index contributed by atoms with van der Waals surface area (Å²) < 4.78 is 61.7. The Morgan fingerprint density at radius 3 is 0.612 bits per heavy atom. The molecule has 740 valence electrons. The predicted octanol–water partition coefficient (Wildman–Crippen LogP) is 33.1.